The molecule has 0 unspecified atom stereocenters. The molecular formula is C27H27Cl2Zr. The molecule has 153 valence electrons. The molecule has 0 heterocycles. The van der Waals surface area contributed by atoms with Crippen molar-refractivity contribution in [2.24, 2.45) is 0 Å². The molecule has 0 N–H and O–H groups in total. The van der Waals surface area contributed by atoms with E-state index in [-0.39, 0.29) is 30.2 Å². The van der Waals surface area contributed by atoms with Gasteiger partial charge in [-0.25, -0.2) is 0 Å². The molecule has 0 aromatic heterocycles. The topological polar surface area (TPSA) is 0 Å². The van der Waals surface area contributed by atoms with Gasteiger partial charge in [0.15, 0.2) is 0 Å². The molecule has 3 aliphatic rings. The fraction of sp³-hybridized carbons (Fsp3) is 0.259. The molecule has 0 bridgehead atoms. The zero-order valence-electron chi connectivity index (χ0n) is 17.7. The summed E-state index contributed by atoms with van der Waals surface area (Å²) in [6, 6.07) is 14.1. The number of halogens is 2. The average Bonchev–Trinajstić information content (AvgIpc) is 3.42. The summed E-state index contributed by atoms with van der Waals surface area (Å²) in [4.78, 5) is 0. The summed E-state index contributed by atoms with van der Waals surface area (Å²) in [7, 11) is 0. The number of hydrogen-bond donors (Lipinski definition) is 0. The molecule has 0 radical (unpaired) electrons. The Morgan fingerprint density at radius 2 is 1.33 bits per heavy atom. The number of rotatable bonds is 3. The smallest absolute Gasteiger partial charge is 1.00 e. The molecule has 0 saturated heterocycles. The summed E-state index contributed by atoms with van der Waals surface area (Å²) in [5, 5.41) is 0. The van der Waals surface area contributed by atoms with Gasteiger partial charge in [0.1, 0.15) is 0 Å². The van der Waals surface area contributed by atoms with Crippen LogP contribution in [0.25, 0.3) is 11.1 Å². The van der Waals surface area contributed by atoms with Crippen molar-refractivity contribution in [3.05, 3.63) is 102 Å². The van der Waals surface area contributed by atoms with Crippen LogP contribution in [0.1, 0.15) is 37.5 Å². The zero-order chi connectivity index (χ0) is 19.3. The van der Waals surface area contributed by atoms with Crippen LogP contribution in [0.5, 0.6) is 0 Å². The van der Waals surface area contributed by atoms with Gasteiger partial charge in [-0.3, -0.25) is 0 Å². The van der Waals surface area contributed by atoms with Crippen LogP contribution in [-0.2, 0) is 33.6 Å². The molecule has 2 aromatic rings. The first-order valence-corrected chi connectivity index (χ1v) is 14.4. The van der Waals surface area contributed by atoms with Gasteiger partial charge in [-0.1, -0.05) is 0 Å². The molecule has 0 nitrogen and oxygen atoms in total. The van der Waals surface area contributed by atoms with E-state index in [1.165, 1.54) is 22.3 Å². The van der Waals surface area contributed by atoms with Crippen LogP contribution in [0.4, 0.5) is 0 Å². The van der Waals surface area contributed by atoms with Crippen molar-refractivity contribution in [1.82, 2.24) is 0 Å². The minimum atomic E-state index is -2.06. The van der Waals surface area contributed by atoms with Crippen LogP contribution in [0.15, 0.2) is 85.0 Å². The number of fused-ring (bicyclic) bond motifs is 3. The van der Waals surface area contributed by atoms with Crippen LogP contribution in [0.2, 0.25) is 7.25 Å². The van der Waals surface area contributed by atoms with E-state index in [2.05, 4.69) is 106 Å². The Morgan fingerprint density at radius 3 is 1.90 bits per heavy atom. The molecular weight excluding hydrogens is 486 g/mol. The summed E-state index contributed by atoms with van der Waals surface area (Å²) in [5.74, 6) is 0. The molecule has 30 heavy (non-hydrogen) atoms. The molecule has 2 aromatic carbocycles. The molecule has 0 spiro atoms. The third-order valence-corrected chi connectivity index (χ3v) is 14.4. The minimum Gasteiger partial charge on any atom is -1.00 e. The molecule has 3 heteroatoms. The quantitative estimate of drug-likeness (QED) is 0.482. The summed E-state index contributed by atoms with van der Waals surface area (Å²) >= 11 is -2.06. The Balaban J connectivity index is 0.00000128. The van der Waals surface area contributed by atoms with Crippen molar-refractivity contribution in [2.45, 2.75) is 39.9 Å². The van der Waals surface area contributed by atoms with Gasteiger partial charge in [-0.15, -0.1) is 0 Å². The Labute approximate surface area is 201 Å². The molecule has 3 aliphatic carbocycles. The first-order valence-electron chi connectivity index (χ1n) is 10.3. The van der Waals surface area contributed by atoms with Crippen LogP contribution in [0, 0.1) is 0 Å². The van der Waals surface area contributed by atoms with Crippen LogP contribution in [-0.4, -0.2) is 0 Å². The van der Waals surface area contributed by atoms with Gasteiger partial charge in [0, 0.05) is 0 Å². The maximum Gasteiger partial charge on any atom is -1.00 e. The Bertz CT molecular complexity index is 1000. The second-order valence-corrected chi connectivity index (χ2v) is 16.0. The SMILES string of the molecule is CC(C)(C)c1cc2c([c]([Zr+2]([CH]3C=CC=C3)[CH]3C=CC=C3)c1)Cc1ccccc1-2.[Cl-].[Cl-]. The van der Waals surface area contributed by atoms with Gasteiger partial charge in [-0.2, -0.15) is 0 Å². The fourth-order valence-electron chi connectivity index (χ4n) is 4.78. The van der Waals surface area contributed by atoms with Crippen molar-refractivity contribution >= 4 is 3.27 Å². The largest absolute Gasteiger partial charge is 1.00 e. The second-order valence-electron chi connectivity index (χ2n) is 9.18. The Morgan fingerprint density at radius 1 is 0.767 bits per heavy atom. The maximum atomic E-state index is 2.61. The molecule has 0 fully saturated rings. The van der Waals surface area contributed by atoms with Crippen molar-refractivity contribution in [3.8, 4) is 11.1 Å². The first kappa shape index (κ1) is 23.5. The number of allylic oxidation sites excluding steroid dienone is 8. The maximum absolute atomic E-state index is 2.61. The molecule has 0 aliphatic heterocycles. The summed E-state index contributed by atoms with van der Waals surface area (Å²) in [5.41, 5.74) is 7.76. The average molecular weight is 514 g/mol. The van der Waals surface area contributed by atoms with Crippen LogP contribution in [0.3, 0.4) is 0 Å². The van der Waals surface area contributed by atoms with E-state index in [1.54, 1.807) is 8.83 Å². The third kappa shape index (κ3) is 4.14. The van der Waals surface area contributed by atoms with E-state index in [0.717, 1.165) is 6.42 Å². The third-order valence-electron chi connectivity index (χ3n) is 6.32. The van der Waals surface area contributed by atoms with E-state index >= 15 is 0 Å². The number of benzene rings is 2. The Hall–Kier alpha value is -1.14. The van der Waals surface area contributed by atoms with Crippen LogP contribution >= 0.6 is 0 Å². The van der Waals surface area contributed by atoms with Crippen molar-refractivity contribution in [2.75, 3.05) is 0 Å². The van der Waals surface area contributed by atoms with E-state index in [4.69, 9.17) is 0 Å². The van der Waals surface area contributed by atoms with Crippen LogP contribution < -0.4 is 28.1 Å². The van der Waals surface area contributed by atoms with E-state index in [0.29, 0.717) is 7.25 Å². The van der Waals surface area contributed by atoms with Gasteiger partial charge < -0.3 is 24.8 Å². The molecule has 0 atom stereocenters. The zero-order valence-corrected chi connectivity index (χ0v) is 21.7. The predicted molar refractivity (Wildman–Crippen MR) is 117 cm³/mol. The van der Waals surface area contributed by atoms with Crippen molar-refractivity contribution in [1.29, 1.82) is 0 Å². The van der Waals surface area contributed by atoms with Gasteiger partial charge in [0.05, 0.1) is 0 Å². The summed E-state index contributed by atoms with van der Waals surface area (Å²) in [6.07, 6.45) is 20.0. The molecule has 5 rings (SSSR count). The first-order chi connectivity index (χ1) is 13.5. The minimum absolute atomic E-state index is 0. The van der Waals surface area contributed by atoms with Gasteiger partial charge >= 0.3 is 178 Å². The molecule has 0 saturated carbocycles. The van der Waals surface area contributed by atoms with Gasteiger partial charge in [0.25, 0.3) is 0 Å². The normalized spacial score (nSPS) is 16.4. The number of hydrogen-bond acceptors (Lipinski definition) is 0. The fourth-order valence-corrected chi connectivity index (χ4v) is 13.0. The monoisotopic (exact) mass is 511 g/mol. The molecule has 0 amide bonds. The van der Waals surface area contributed by atoms with Crippen molar-refractivity contribution in [3.63, 3.8) is 0 Å². The second kappa shape index (κ2) is 9.16. The predicted octanol–water partition coefficient (Wildman–Crippen LogP) is 0.636. The van der Waals surface area contributed by atoms with E-state index < -0.39 is 21.8 Å². The van der Waals surface area contributed by atoms with Gasteiger partial charge in [0.2, 0.25) is 0 Å². The summed E-state index contributed by atoms with van der Waals surface area (Å²) < 4.78 is 3.05. The van der Waals surface area contributed by atoms with E-state index in [1.807, 2.05) is 0 Å². The summed E-state index contributed by atoms with van der Waals surface area (Å²) in [6.45, 7) is 7.06. The van der Waals surface area contributed by atoms with E-state index in [9.17, 15) is 0 Å². The Kier molecular flexibility index (Phi) is 7.18. The standard InChI is InChI=1S/C17H17.2C5H5.2ClH.Zr/c1-17(2,3)14-9-8-13-10-12-6-4-5-7-15(12)16(13)11-14;2*1-2-4-5-3-1;;;/h4-7,9,11H,10H2,1-3H3;2*1-5H;2*1H;/q;;;;;+2/p-2. The van der Waals surface area contributed by atoms with Crippen molar-refractivity contribution < 1.29 is 46.6 Å². The van der Waals surface area contributed by atoms with Gasteiger partial charge in [-0.05, 0) is 0 Å².